The van der Waals surface area contributed by atoms with Gasteiger partial charge in [-0.3, -0.25) is 4.79 Å². The van der Waals surface area contributed by atoms with Crippen molar-refractivity contribution in [1.82, 2.24) is 10.3 Å². The van der Waals surface area contributed by atoms with Gasteiger partial charge in [0.25, 0.3) is 5.91 Å². The Kier molecular flexibility index (Phi) is 11.5. The summed E-state index contributed by atoms with van der Waals surface area (Å²) in [5.74, 6) is -2.39. The number of sulfone groups is 1. The van der Waals surface area contributed by atoms with Gasteiger partial charge >= 0.3 is 18.2 Å². The molecule has 1 unspecified atom stereocenters. The van der Waals surface area contributed by atoms with Gasteiger partial charge in [0, 0.05) is 23.7 Å². The van der Waals surface area contributed by atoms with Crippen LogP contribution in [0.3, 0.4) is 0 Å². The van der Waals surface area contributed by atoms with Crippen molar-refractivity contribution in [2.75, 3.05) is 32.1 Å². The molecule has 14 nitrogen and oxygen atoms in total. The number of aromatic nitrogens is 1. The van der Waals surface area contributed by atoms with E-state index in [0.29, 0.717) is 22.1 Å². The van der Waals surface area contributed by atoms with Gasteiger partial charge in [-0.1, -0.05) is 6.07 Å². The summed E-state index contributed by atoms with van der Waals surface area (Å²) in [5.41, 5.74) is 5.58. The summed E-state index contributed by atoms with van der Waals surface area (Å²) in [6.07, 6.45) is -6.91. The van der Waals surface area contributed by atoms with Crippen molar-refractivity contribution in [3.05, 3.63) is 78.0 Å². The zero-order valence-electron chi connectivity index (χ0n) is 27.8. The molecule has 3 N–H and O–H groups in total. The molecule has 0 spiro atoms. The zero-order valence-corrected chi connectivity index (χ0v) is 28.6. The molecule has 0 aliphatic heterocycles. The van der Waals surface area contributed by atoms with Gasteiger partial charge in [-0.2, -0.15) is 13.2 Å². The molecule has 0 fully saturated rings. The Bertz CT molecular complexity index is 2060. The van der Waals surface area contributed by atoms with Crippen molar-refractivity contribution in [2.45, 2.75) is 42.8 Å². The summed E-state index contributed by atoms with van der Waals surface area (Å²) in [7, 11) is -0.436. The molecule has 0 radical (unpaired) electrons. The predicted molar refractivity (Wildman–Crippen MR) is 177 cm³/mol. The van der Waals surface area contributed by atoms with Crippen molar-refractivity contribution in [1.29, 1.82) is 0 Å². The number of halogens is 3. The third-order valence-electron chi connectivity index (χ3n) is 7.37. The highest BCUT2D eigenvalue weighted by atomic mass is 32.2. The Balaban J connectivity index is 1.76. The number of rotatable bonds is 11. The SMILES string of the molecule is COC(=O)N(OC(=O)C(F)(F)F)c1ccc(S(=O)(=O)C(C)C)c(CNC(=O)C(Oc2ccc3c(N)nccc3c2)c2ccc(OC)c(OC)c2)c1. The van der Waals surface area contributed by atoms with E-state index in [1.54, 1.807) is 36.4 Å². The average Bonchev–Trinajstić information content (AvgIpc) is 3.10. The predicted octanol–water partition coefficient (Wildman–Crippen LogP) is 5.05. The quantitative estimate of drug-likeness (QED) is 0.196. The van der Waals surface area contributed by atoms with E-state index in [2.05, 4.69) is 19.9 Å². The maximum absolute atomic E-state index is 14.0. The lowest BCUT2D eigenvalue weighted by Crippen LogP contribution is -2.39. The molecule has 0 aliphatic carbocycles. The summed E-state index contributed by atoms with van der Waals surface area (Å²) >= 11 is 0. The standard InChI is InChI=1S/C33H33F3N4O10S/c1-18(2)51(44,45)27-11-7-22(40(32(43)48-5)50-31(42)33(34,35)36)14-21(27)17-39-30(41)28(20-6-10-25(46-3)26(16-20)47-4)49-23-8-9-24-19(15-23)12-13-38-29(24)37/h6-16,18,28H,17H2,1-5H3,(H2,37,38)(H,39,41). The van der Waals surface area contributed by atoms with Crippen LogP contribution in [-0.4, -0.2) is 64.1 Å². The van der Waals surface area contributed by atoms with Crippen LogP contribution >= 0.6 is 0 Å². The lowest BCUT2D eigenvalue weighted by atomic mass is 10.1. The molecular weight excluding hydrogens is 701 g/mol. The Morgan fingerprint density at radius 1 is 0.941 bits per heavy atom. The molecule has 4 rings (SSSR count). The Labute approximate surface area is 290 Å². The number of hydroxylamine groups is 1. The minimum Gasteiger partial charge on any atom is -0.493 e. The number of anilines is 2. The molecule has 0 saturated carbocycles. The van der Waals surface area contributed by atoms with Crippen LogP contribution in [0.15, 0.2) is 71.8 Å². The summed E-state index contributed by atoms with van der Waals surface area (Å²) in [5, 5.41) is 2.83. The second-order valence-electron chi connectivity index (χ2n) is 10.9. The molecule has 0 saturated heterocycles. The number of methoxy groups -OCH3 is 3. The summed E-state index contributed by atoms with van der Waals surface area (Å²) in [4.78, 5) is 46.0. The highest BCUT2D eigenvalue weighted by Crippen LogP contribution is 2.34. The fourth-order valence-corrected chi connectivity index (χ4v) is 5.99. The number of nitrogens with two attached hydrogens (primary N) is 1. The van der Waals surface area contributed by atoms with Crippen LogP contribution in [0.25, 0.3) is 10.8 Å². The van der Waals surface area contributed by atoms with Crippen LogP contribution < -0.4 is 30.3 Å². The van der Waals surface area contributed by atoms with E-state index in [0.717, 1.165) is 25.3 Å². The van der Waals surface area contributed by atoms with E-state index in [9.17, 15) is 36.0 Å². The topological polar surface area (TPSA) is 186 Å². The number of ether oxygens (including phenoxy) is 4. The second-order valence-corrected chi connectivity index (χ2v) is 13.4. The van der Waals surface area contributed by atoms with E-state index < -0.39 is 57.6 Å². The average molecular weight is 735 g/mol. The third kappa shape index (κ3) is 8.51. The molecule has 0 aliphatic rings. The van der Waals surface area contributed by atoms with E-state index in [4.69, 9.17) is 19.9 Å². The first-order valence-corrected chi connectivity index (χ1v) is 16.4. The number of carbonyl (C=O) groups is 3. The van der Waals surface area contributed by atoms with E-state index in [1.807, 2.05) is 0 Å². The molecule has 272 valence electrons. The van der Waals surface area contributed by atoms with Crippen LogP contribution in [0.1, 0.15) is 31.1 Å². The van der Waals surface area contributed by atoms with Gasteiger partial charge in [0.1, 0.15) is 11.6 Å². The monoisotopic (exact) mass is 734 g/mol. The third-order valence-corrected chi connectivity index (χ3v) is 9.63. The van der Waals surface area contributed by atoms with Crippen molar-refractivity contribution in [2.24, 2.45) is 0 Å². The number of fused-ring (bicyclic) bond motifs is 1. The summed E-state index contributed by atoms with van der Waals surface area (Å²) in [6.45, 7) is 2.24. The maximum atomic E-state index is 14.0. The molecule has 4 aromatic rings. The first-order chi connectivity index (χ1) is 24.0. The largest absolute Gasteiger partial charge is 0.493 e. The molecule has 2 amide bonds. The number of carbonyl (C=O) groups excluding carboxylic acids is 3. The lowest BCUT2D eigenvalue weighted by molar-refractivity contribution is -0.200. The number of hydrogen-bond donors (Lipinski definition) is 2. The Morgan fingerprint density at radius 3 is 2.27 bits per heavy atom. The first kappa shape index (κ1) is 38.0. The van der Waals surface area contributed by atoms with E-state index in [-0.39, 0.29) is 32.8 Å². The van der Waals surface area contributed by atoms with Gasteiger partial charge in [0.2, 0.25) is 6.10 Å². The van der Waals surface area contributed by atoms with Crippen LogP contribution in [0.2, 0.25) is 0 Å². The number of alkyl halides is 3. The Hall–Kier alpha value is -5.78. The smallest absolute Gasteiger partial charge is 0.493 e. The number of nitrogens with zero attached hydrogens (tertiary/aromatic N) is 2. The molecule has 51 heavy (non-hydrogen) atoms. The van der Waals surface area contributed by atoms with Crippen molar-refractivity contribution >= 4 is 50.1 Å². The summed E-state index contributed by atoms with van der Waals surface area (Å²) in [6, 6.07) is 14.1. The van der Waals surface area contributed by atoms with Gasteiger partial charge in [-0.05, 0) is 79.4 Å². The normalized spacial score (nSPS) is 12.2. The van der Waals surface area contributed by atoms with E-state index in [1.165, 1.54) is 40.3 Å². The number of benzene rings is 3. The maximum Gasteiger partial charge on any atom is 0.493 e. The van der Waals surface area contributed by atoms with E-state index >= 15 is 0 Å². The van der Waals surface area contributed by atoms with Crippen molar-refractivity contribution in [3.8, 4) is 17.2 Å². The zero-order chi connectivity index (χ0) is 37.7. The number of amides is 2. The molecular formula is C33H33F3N4O10S. The lowest BCUT2D eigenvalue weighted by Gasteiger charge is -2.23. The van der Waals surface area contributed by atoms with Crippen LogP contribution in [-0.2, 0) is 35.5 Å². The summed E-state index contributed by atoms with van der Waals surface area (Å²) < 4.78 is 87.1. The fraction of sp³-hybridized carbons (Fsp3) is 0.273. The molecule has 3 aromatic carbocycles. The van der Waals surface area contributed by atoms with Gasteiger partial charge < -0.3 is 34.8 Å². The van der Waals surface area contributed by atoms with Crippen LogP contribution in [0, 0.1) is 0 Å². The molecule has 1 heterocycles. The number of pyridine rings is 1. The van der Waals surface area contributed by atoms with Gasteiger partial charge in [0.05, 0.1) is 37.2 Å². The molecule has 0 bridgehead atoms. The number of nitrogen functional groups attached to an aromatic ring is 1. The van der Waals surface area contributed by atoms with Crippen molar-refractivity contribution < 1.29 is 59.8 Å². The number of nitrogens with one attached hydrogen (secondary N) is 1. The highest BCUT2D eigenvalue weighted by molar-refractivity contribution is 7.92. The van der Waals surface area contributed by atoms with Gasteiger partial charge in [-0.15, -0.1) is 5.06 Å². The second kappa shape index (κ2) is 15.4. The molecule has 1 atom stereocenters. The minimum absolute atomic E-state index is 0.0928. The van der Waals surface area contributed by atoms with Gasteiger partial charge in [0.15, 0.2) is 21.3 Å². The van der Waals surface area contributed by atoms with Crippen molar-refractivity contribution in [3.63, 3.8) is 0 Å². The molecule has 1 aromatic heterocycles. The minimum atomic E-state index is -5.49. The molecule has 18 heteroatoms. The number of hydrogen-bond acceptors (Lipinski definition) is 12. The first-order valence-electron chi connectivity index (χ1n) is 14.9. The van der Waals surface area contributed by atoms with Crippen LogP contribution in [0.5, 0.6) is 17.2 Å². The highest BCUT2D eigenvalue weighted by Gasteiger charge is 2.44. The fourth-order valence-electron chi connectivity index (χ4n) is 4.73. The Morgan fingerprint density at radius 2 is 1.65 bits per heavy atom. The van der Waals surface area contributed by atoms with Gasteiger partial charge in [-0.25, -0.2) is 23.0 Å². The van der Waals surface area contributed by atoms with Crippen LogP contribution in [0.4, 0.5) is 29.5 Å².